The Kier molecular flexibility index (Phi) is 4.92. The molecule has 2 aliphatic heterocycles. The van der Waals surface area contributed by atoms with Gasteiger partial charge in [0.2, 0.25) is 5.91 Å². The molecule has 0 N–H and O–H groups in total. The summed E-state index contributed by atoms with van der Waals surface area (Å²) >= 11 is 1.28. The highest BCUT2D eigenvalue weighted by atomic mass is 32.2. The zero-order valence-electron chi connectivity index (χ0n) is 15.1. The number of thioether (sulfide) groups is 1. The van der Waals surface area contributed by atoms with Crippen molar-refractivity contribution in [3.63, 3.8) is 0 Å². The Bertz CT molecular complexity index is 983. The fourth-order valence-corrected chi connectivity index (χ4v) is 4.01. The number of benzene rings is 2. The van der Waals surface area contributed by atoms with Crippen molar-refractivity contribution in [2.45, 2.75) is 12.4 Å². The van der Waals surface area contributed by atoms with E-state index in [1.807, 2.05) is 6.07 Å². The molecule has 7 heteroatoms. The zero-order chi connectivity index (χ0) is 19.7. The van der Waals surface area contributed by atoms with E-state index >= 15 is 0 Å². The fraction of sp³-hybridized carbons (Fsp3) is 0.190. The van der Waals surface area contributed by atoms with Crippen molar-refractivity contribution in [3.8, 4) is 5.75 Å². The van der Waals surface area contributed by atoms with Gasteiger partial charge in [-0.15, -0.1) is 11.8 Å². The van der Waals surface area contributed by atoms with Gasteiger partial charge in [0, 0.05) is 11.9 Å². The Morgan fingerprint density at radius 2 is 1.93 bits per heavy atom. The van der Waals surface area contributed by atoms with Crippen LogP contribution in [0.15, 0.2) is 60.3 Å². The number of amides is 1. The van der Waals surface area contributed by atoms with E-state index in [0.29, 0.717) is 34.7 Å². The highest BCUT2D eigenvalue weighted by molar-refractivity contribution is 8.00. The molecule has 2 heterocycles. The largest absolute Gasteiger partial charge is 0.474 e. The highest BCUT2D eigenvalue weighted by Crippen LogP contribution is 2.37. The number of anilines is 1. The number of esters is 1. The van der Waals surface area contributed by atoms with Gasteiger partial charge in [-0.2, -0.15) is 0 Å². The van der Waals surface area contributed by atoms with Crippen LogP contribution in [0.2, 0.25) is 0 Å². The number of para-hydroxylation sites is 1. The third-order valence-electron chi connectivity index (χ3n) is 4.43. The Morgan fingerprint density at radius 1 is 1.18 bits per heavy atom. The molecule has 6 nitrogen and oxygen atoms in total. The molecule has 0 aromatic heterocycles. The molecule has 28 heavy (non-hydrogen) atoms. The van der Waals surface area contributed by atoms with Gasteiger partial charge in [-0.3, -0.25) is 14.5 Å². The summed E-state index contributed by atoms with van der Waals surface area (Å²) in [6, 6.07) is 13.6. The summed E-state index contributed by atoms with van der Waals surface area (Å²) < 4.78 is 10.9. The predicted octanol–water partition coefficient (Wildman–Crippen LogP) is 3.43. The highest BCUT2D eigenvalue weighted by Gasteiger charge is 2.36. The van der Waals surface area contributed by atoms with E-state index in [4.69, 9.17) is 9.47 Å². The molecule has 0 fully saturated rings. The van der Waals surface area contributed by atoms with Crippen LogP contribution >= 0.6 is 11.8 Å². The van der Waals surface area contributed by atoms with Crippen molar-refractivity contribution in [2.75, 3.05) is 17.3 Å². The van der Waals surface area contributed by atoms with Gasteiger partial charge in [-0.1, -0.05) is 12.1 Å². The lowest BCUT2D eigenvalue weighted by molar-refractivity contribution is -0.115. The van der Waals surface area contributed by atoms with Crippen molar-refractivity contribution in [3.05, 3.63) is 71.4 Å². The van der Waals surface area contributed by atoms with Crippen LogP contribution in [0.5, 0.6) is 5.75 Å². The molecule has 4 rings (SSSR count). The summed E-state index contributed by atoms with van der Waals surface area (Å²) in [5.41, 5.74) is 1.34. The smallest absolute Gasteiger partial charge is 0.338 e. The second kappa shape index (κ2) is 7.52. The normalized spacial score (nSPS) is 18.4. The maximum absolute atomic E-state index is 12.9. The van der Waals surface area contributed by atoms with Crippen molar-refractivity contribution in [1.29, 1.82) is 0 Å². The lowest BCUT2D eigenvalue weighted by Gasteiger charge is -2.26. The molecule has 0 saturated heterocycles. The number of ether oxygens (including phenoxy) is 2. The molecule has 142 valence electrons. The molecule has 2 aromatic carbocycles. The maximum atomic E-state index is 12.9. The zero-order valence-corrected chi connectivity index (χ0v) is 15.9. The van der Waals surface area contributed by atoms with Crippen LogP contribution in [0.4, 0.5) is 5.69 Å². The van der Waals surface area contributed by atoms with Crippen molar-refractivity contribution >= 4 is 35.1 Å². The van der Waals surface area contributed by atoms with E-state index in [2.05, 4.69) is 0 Å². The first-order valence-corrected chi connectivity index (χ1v) is 9.86. The van der Waals surface area contributed by atoms with E-state index in [0.717, 1.165) is 0 Å². The maximum Gasteiger partial charge on any atom is 0.338 e. The Balaban J connectivity index is 1.68. The predicted molar refractivity (Wildman–Crippen MR) is 106 cm³/mol. The number of carbonyl (C=O) groups is 3. The molecule has 0 bridgehead atoms. The molecule has 1 amide bonds. The van der Waals surface area contributed by atoms with E-state index in [1.165, 1.54) is 16.7 Å². The molecule has 0 saturated carbocycles. The van der Waals surface area contributed by atoms with E-state index in [9.17, 15) is 14.4 Å². The number of hydrogen-bond donors (Lipinski definition) is 0. The summed E-state index contributed by atoms with van der Waals surface area (Å²) in [5, 5.41) is 0. The molecule has 2 aromatic rings. The summed E-state index contributed by atoms with van der Waals surface area (Å²) in [6.07, 6.45) is 1.55. The summed E-state index contributed by atoms with van der Waals surface area (Å²) in [7, 11) is 0. The minimum Gasteiger partial charge on any atom is -0.474 e. The molecular weight excluding hydrogens is 378 g/mol. The molecule has 0 radical (unpaired) electrons. The number of rotatable bonds is 3. The minimum atomic E-state index is -0.532. The molecule has 0 aliphatic carbocycles. The van der Waals surface area contributed by atoms with Crippen molar-refractivity contribution < 1.29 is 23.9 Å². The van der Waals surface area contributed by atoms with Crippen LogP contribution < -0.4 is 9.64 Å². The van der Waals surface area contributed by atoms with Gasteiger partial charge in [0.15, 0.2) is 11.2 Å². The van der Waals surface area contributed by atoms with Crippen molar-refractivity contribution in [1.82, 2.24) is 0 Å². The lowest BCUT2D eigenvalue weighted by Crippen LogP contribution is -2.28. The number of ketones is 1. The number of hydrogen-bond acceptors (Lipinski definition) is 6. The standard InChI is InChI=1S/C21H17NO5S/c1-2-26-20(25)13-7-9-14(10-8-13)22-11-16-19(24)15-5-3-4-6-17(15)27-21(16)28-12-18(22)23/h3-11,21H,2,12H2,1H3/t21-/m1/s1. The molecule has 0 unspecified atom stereocenters. The third kappa shape index (κ3) is 3.29. The van der Waals surface area contributed by atoms with Crippen LogP contribution in [0.1, 0.15) is 27.6 Å². The van der Waals surface area contributed by atoms with Gasteiger partial charge in [0.25, 0.3) is 0 Å². The lowest BCUT2D eigenvalue weighted by atomic mass is 10.0. The molecule has 0 spiro atoms. The molecule has 2 aliphatic rings. The van der Waals surface area contributed by atoms with Crippen LogP contribution in [0, 0.1) is 0 Å². The van der Waals surface area contributed by atoms with Gasteiger partial charge in [-0.25, -0.2) is 4.79 Å². The van der Waals surface area contributed by atoms with Gasteiger partial charge in [0.05, 0.1) is 29.1 Å². The summed E-state index contributed by atoms with van der Waals surface area (Å²) in [5.74, 6) is -0.0438. The fourth-order valence-electron chi connectivity index (χ4n) is 3.06. The van der Waals surface area contributed by atoms with Crippen molar-refractivity contribution in [2.24, 2.45) is 0 Å². The van der Waals surface area contributed by atoms with Crippen LogP contribution in [-0.2, 0) is 9.53 Å². The monoisotopic (exact) mass is 395 g/mol. The summed E-state index contributed by atoms with van der Waals surface area (Å²) in [6.45, 7) is 2.03. The average molecular weight is 395 g/mol. The Hall–Kier alpha value is -3.06. The first kappa shape index (κ1) is 18.3. The SMILES string of the molecule is CCOC(=O)c1ccc(N2C=C3C(=O)c4ccccc4O[C@@H]3SCC2=O)cc1. The first-order valence-electron chi connectivity index (χ1n) is 8.81. The van der Waals surface area contributed by atoms with E-state index < -0.39 is 11.4 Å². The van der Waals surface area contributed by atoms with Gasteiger partial charge < -0.3 is 9.47 Å². The quantitative estimate of drug-likeness (QED) is 0.742. The second-order valence-electron chi connectivity index (χ2n) is 6.20. The van der Waals surface area contributed by atoms with E-state index in [1.54, 1.807) is 55.6 Å². The average Bonchev–Trinajstić information content (AvgIpc) is 2.88. The van der Waals surface area contributed by atoms with Crippen LogP contribution in [-0.4, -0.2) is 35.5 Å². The molecular formula is C21H17NO5S. The van der Waals surface area contributed by atoms with Crippen LogP contribution in [0.25, 0.3) is 0 Å². The van der Waals surface area contributed by atoms with Gasteiger partial charge >= 0.3 is 5.97 Å². The Labute approximate surface area is 166 Å². The number of Topliss-reactive ketones (excluding diaryl/α,β-unsaturated/α-hetero) is 1. The number of carbonyl (C=O) groups excluding carboxylic acids is 3. The molecule has 1 atom stereocenters. The van der Waals surface area contributed by atoms with Gasteiger partial charge in [0.1, 0.15) is 5.75 Å². The van der Waals surface area contributed by atoms with Crippen LogP contribution in [0.3, 0.4) is 0 Å². The van der Waals surface area contributed by atoms with E-state index in [-0.39, 0.29) is 17.4 Å². The minimum absolute atomic E-state index is 0.151. The first-order chi connectivity index (χ1) is 13.6. The number of fused-ring (bicyclic) bond motifs is 2. The van der Waals surface area contributed by atoms with Gasteiger partial charge in [-0.05, 0) is 43.3 Å². The second-order valence-corrected chi connectivity index (χ2v) is 7.25. The third-order valence-corrected chi connectivity index (χ3v) is 5.50. The summed E-state index contributed by atoms with van der Waals surface area (Å²) in [4.78, 5) is 38.9. The topological polar surface area (TPSA) is 72.9 Å². The number of nitrogens with zero attached hydrogens (tertiary/aromatic N) is 1. The Morgan fingerprint density at radius 3 is 2.68 bits per heavy atom.